The van der Waals surface area contributed by atoms with Crippen molar-refractivity contribution in [3.8, 4) is 11.5 Å². The molecular formula is C15H16N2O3. The fraction of sp³-hybridized carbons (Fsp3) is 0.133. The minimum Gasteiger partial charge on any atom is -0.506 e. The van der Waals surface area contributed by atoms with Gasteiger partial charge in [-0.1, -0.05) is 24.3 Å². The molecular weight excluding hydrogens is 256 g/mol. The van der Waals surface area contributed by atoms with Gasteiger partial charge in [-0.25, -0.2) is 4.79 Å². The number of benzene rings is 2. The molecule has 104 valence electrons. The lowest BCUT2D eigenvalue weighted by atomic mass is 10.2. The number of carbonyl (C=O) groups is 1. The molecule has 0 atom stereocenters. The normalized spacial score (nSPS) is 9.85. The first-order chi connectivity index (χ1) is 9.69. The summed E-state index contributed by atoms with van der Waals surface area (Å²) in [4.78, 5) is 11.7. The third kappa shape index (κ3) is 3.65. The second kappa shape index (κ2) is 6.47. The Morgan fingerprint density at radius 3 is 2.50 bits per heavy atom. The number of amides is 2. The highest BCUT2D eigenvalue weighted by atomic mass is 16.5. The lowest BCUT2D eigenvalue weighted by Gasteiger charge is -2.09. The number of ether oxygens (including phenoxy) is 1. The van der Waals surface area contributed by atoms with Gasteiger partial charge in [-0.3, -0.25) is 0 Å². The van der Waals surface area contributed by atoms with Gasteiger partial charge in [-0.15, -0.1) is 0 Å². The zero-order valence-electron chi connectivity index (χ0n) is 11.1. The van der Waals surface area contributed by atoms with Crippen LogP contribution in [0.1, 0.15) is 5.56 Å². The summed E-state index contributed by atoms with van der Waals surface area (Å²) in [5.41, 5.74) is 1.33. The number of aromatic hydroxyl groups is 1. The second-order valence-corrected chi connectivity index (χ2v) is 4.17. The van der Waals surface area contributed by atoms with Crippen molar-refractivity contribution in [3.05, 3.63) is 54.1 Å². The third-order valence-electron chi connectivity index (χ3n) is 2.76. The van der Waals surface area contributed by atoms with Crippen LogP contribution < -0.4 is 15.4 Å². The summed E-state index contributed by atoms with van der Waals surface area (Å²) in [6.45, 7) is 0.392. The number of phenols is 1. The molecule has 0 aliphatic carbocycles. The second-order valence-electron chi connectivity index (χ2n) is 4.17. The number of hydrogen-bond donors (Lipinski definition) is 3. The molecule has 0 spiro atoms. The van der Waals surface area contributed by atoms with Gasteiger partial charge in [0.1, 0.15) is 11.5 Å². The summed E-state index contributed by atoms with van der Waals surface area (Å²) < 4.78 is 5.06. The molecule has 2 rings (SSSR count). The molecule has 20 heavy (non-hydrogen) atoms. The van der Waals surface area contributed by atoms with Crippen molar-refractivity contribution in [2.24, 2.45) is 0 Å². The van der Waals surface area contributed by atoms with E-state index in [0.29, 0.717) is 12.2 Å². The number of phenolic OH excluding ortho intramolecular Hbond substituents is 1. The Morgan fingerprint density at radius 1 is 1.15 bits per heavy atom. The van der Waals surface area contributed by atoms with Crippen molar-refractivity contribution in [2.75, 3.05) is 12.4 Å². The maximum atomic E-state index is 11.7. The van der Waals surface area contributed by atoms with Crippen LogP contribution in [0.25, 0.3) is 0 Å². The molecule has 0 saturated carbocycles. The van der Waals surface area contributed by atoms with Crippen LogP contribution in [0, 0.1) is 0 Å². The van der Waals surface area contributed by atoms with Gasteiger partial charge in [0.15, 0.2) is 0 Å². The fourth-order valence-electron chi connectivity index (χ4n) is 1.67. The molecule has 0 aromatic heterocycles. The van der Waals surface area contributed by atoms with Gasteiger partial charge < -0.3 is 20.5 Å². The number of hydrogen-bond acceptors (Lipinski definition) is 3. The Bertz CT molecular complexity index is 582. The van der Waals surface area contributed by atoms with Crippen LogP contribution in [0.2, 0.25) is 0 Å². The molecule has 2 aromatic carbocycles. The van der Waals surface area contributed by atoms with Gasteiger partial charge in [-0.05, 0) is 29.8 Å². The van der Waals surface area contributed by atoms with E-state index < -0.39 is 0 Å². The van der Waals surface area contributed by atoms with E-state index >= 15 is 0 Å². The third-order valence-corrected chi connectivity index (χ3v) is 2.76. The highest BCUT2D eigenvalue weighted by Crippen LogP contribution is 2.21. The van der Waals surface area contributed by atoms with E-state index in [1.54, 1.807) is 25.3 Å². The van der Waals surface area contributed by atoms with Crippen LogP contribution in [0.3, 0.4) is 0 Å². The molecule has 0 unspecified atom stereocenters. The van der Waals surface area contributed by atoms with Gasteiger partial charge in [0.2, 0.25) is 0 Å². The van der Waals surface area contributed by atoms with Crippen molar-refractivity contribution >= 4 is 11.7 Å². The van der Waals surface area contributed by atoms with Crippen molar-refractivity contribution in [2.45, 2.75) is 6.54 Å². The summed E-state index contributed by atoms with van der Waals surface area (Å²) in [5, 5.41) is 14.8. The molecule has 5 nitrogen and oxygen atoms in total. The molecule has 0 bridgehead atoms. The van der Waals surface area contributed by atoms with E-state index in [1.807, 2.05) is 24.3 Å². The first-order valence-electron chi connectivity index (χ1n) is 6.15. The Labute approximate surface area is 117 Å². The quantitative estimate of drug-likeness (QED) is 0.749. The number of urea groups is 1. The van der Waals surface area contributed by atoms with Gasteiger partial charge in [-0.2, -0.15) is 0 Å². The zero-order chi connectivity index (χ0) is 14.4. The largest absolute Gasteiger partial charge is 0.506 e. The predicted octanol–water partition coefficient (Wildman–Crippen LogP) is 2.72. The number of carbonyl (C=O) groups excluding carboxylic acids is 1. The van der Waals surface area contributed by atoms with E-state index in [4.69, 9.17) is 4.74 Å². The monoisotopic (exact) mass is 272 g/mol. The number of methoxy groups -OCH3 is 1. The molecule has 2 aromatic rings. The fourth-order valence-corrected chi connectivity index (χ4v) is 1.67. The molecule has 0 aliphatic heterocycles. The van der Waals surface area contributed by atoms with Crippen LogP contribution in [0.5, 0.6) is 11.5 Å². The Balaban J connectivity index is 1.87. The molecule has 0 fully saturated rings. The molecule has 0 aliphatic rings. The van der Waals surface area contributed by atoms with Crippen molar-refractivity contribution in [1.82, 2.24) is 5.32 Å². The van der Waals surface area contributed by atoms with Crippen LogP contribution in [-0.2, 0) is 6.54 Å². The molecule has 0 radical (unpaired) electrons. The molecule has 2 amide bonds. The van der Waals surface area contributed by atoms with E-state index in [9.17, 15) is 9.90 Å². The smallest absolute Gasteiger partial charge is 0.319 e. The molecule has 3 N–H and O–H groups in total. The van der Waals surface area contributed by atoms with Crippen molar-refractivity contribution in [3.63, 3.8) is 0 Å². The first-order valence-corrected chi connectivity index (χ1v) is 6.15. The Morgan fingerprint density at radius 2 is 1.85 bits per heavy atom. The lowest BCUT2D eigenvalue weighted by Crippen LogP contribution is -2.28. The maximum Gasteiger partial charge on any atom is 0.319 e. The first kappa shape index (κ1) is 13.7. The molecule has 0 saturated heterocycles. The van der Waals surface area contributed by atoms with Crippen LogP contribution in [0.15, 0.2) is 48.5 Å². The summed E-state index contributed by atoms with van der Waals surface area (Å²) in [6.07, 6.45) is 0. The number of anilines is 1. The standard InChI is InChI=1S/C15H16N2O3/c1-20-12-8-6-11(7-9-12)10-16-15(19)17-13-4-2-3-5-14(13)18/h2-9,18H,10H2,1H3,(H2,16,17,19). The van der Waals surface area contributed by atoms with Crippen molar-refractivity contribution < 1.29 is 14.6 Å². The van der Waals surface area contributed by atoms with Crippen LogP contribution in [-0.4, -0.2) is 18.2 Å². The number of para-hydroxylation sites is 2. The Kier molecular flexibility index (Phi) is 4.44. The van der Waals surface area contributed by atoms with Gasteiger partial charge in [0.05, 0.1) is 12.8 Å². The summed E-state index contributed by atoms with van der Waals surface area (Å²) in [7, 11) is 1.60. The van der Waals surface area contributed by atoms with E-state index in [0.717, 1.165) is 11.3 Å². The minimum atomic E-state index is -0.373. The van der Waals surface area contributed by atoms with Gasteiger partial charge in [0, 0.05) is 6.54 Å². The zero-order valence-corrected chi connectivity index (χ0v) is 11.1. The average Bonchev–Trinajstić information content (AvgIpc) is 2.48. The minimum absolute atomic E-state index is 0.0343. The molecule has 5 heteroatoms. The SMILES string of the molecule is COc1ccc(CNC(=O)Nc2ccccc2O)cc1. The maximum absolute atomic E-state index is 11.7. The average molecular weight is 272 g/mol. The number of rotatable bonds is 4. The van der Waals surface area contributed by atoms with Crippen LogP contribution >= 0.6 is 0 Å². The van der Waals surface area contributed by atoms with E-state index in [-0.39, 0.29) is 11.8 Å². The lowest BCUT2D eigenvalue weighted by molar-refractivity contribution is 0.251. The van der Waals surface area contributed by atoms with E-state index in [2.05, 4.69) is 10.6 Å². The van der Waals surface area contributed by atoms with Crippen LogP contribution in [0.4, 0.5) is 10.5 Å². The van der Waals surface area contributed by atoms with Gasteiger partial charge >= 0.3 is 6.03 Å². The topological polar surface area (TPSA) is 70.6 Å². The highest BCUT2D eigenvalue weighted by Gasteiger charge is 2.04. The summed E-state index contributed by atoms with van der Waals surface area (Å²) in [5.74, 6) is 0.805. The Hall–Kier alpha value is -2.69. The van der Waals surface area contributed by atoms with Gasteiger partial charge in [0.25, 0.3) is 0 Å². The van der Waals surface area contributed by atoms with E-state index in [1.165, 1.54) is 6.07 Å². The summed E-state index contributed by atoms with van der Waals surface area (Å²) >= 11 is 0. The molecule has 0 heterocycles. The summed E-state index contributed by atoms with van der Waals surface area (Å²) in [6, 6.07) is 13.6. The predicted molar refractivity (Wildman–Crippen MR) is 77.0 cm³/mol. The van der Waals surface area contributed by atoms with Crippen molar-refractivity contribution in [1.29, 1.82) is 0 Å². The highest BCUT2D eigenvalue weighted by molar-refractivity contribution is 5.90. The number of nitrogens with one attached hydrogen (secondary N) is 2.